The van der Waals surface area contributed by atoms with Gasteiger partial charge >= 0.3 is 0 Å². The lowest BCUT2D eigenvalue weighted by Gasteiger charge is -2.54. The summed E-state index contributed by atoms with van der Waals surface area (Å²) in [7, 11) is -0.724. The molecule has 0 saturated heterocycles. The molecule has 0 aromatic rings. The fourth-order valence-corrected chi connectivity index (χ4v) is 3.93. The van der Waals surface area contributed by atoms with Crippen LogP contribution in [0.4, 0.5) is 0 Å². The van der Waals surface area contributed by atoms with Gasteiger partial charge in [0.15, 0.2) is 0 Å². The normalized spacial score (nSPS) is 33.3. The van der Waals surface area contributed by atoms with Crippen LogP contribution in [0, 0.1) is 5.41 Å². The molecular weight excluding hydrogens is 246 g/mol. The van der Waals surface area contributed by atoms with E-state index in [0.29, 0.717) is 17.6 Å². The van der Waals surface area contributed by atoms with Crippen molar-refractivity contribution in [2.45, 2.75) is 63.3 Å². The Hall–Kier alpha value is 0.0700. The van der Waals surface area contributed by atoms with Gasteiger partial charge in [-0.1, -0.05) is 12.8 Å². The second-order valence-corrected chi connectivity index (χ2v) is 7.69. The minimum absolute atomic E-state index is 0.245. The van der Waals surface area contributed by atoms with Gasteiger partial charge in [0.05, 0.1) is 6.10 Å². The second-order valence-electron chi connectivity index (χ2n) is 5.89. The molecule has 2 fully saturated rings. The van der Waals surface area contributed by atoms with E-state index in [1.54, 1.807) is 6.26 Å². The molecule has 0 bridgehead atoms. The van der Waals surface area contributed by atoms with Crippen molar-refractivity contribution in [2.75, 3.05) is 19.4 Å². The number of ether oxygens (including phenoxy) is 1. The van der Waals surface area contributed by atoms with Crippen LogP contribution in [0.1, 0.15) is 46.0 Å². The third-order valence-corrected chi connectivity index (χ3v) is 6.21. The van der Waals surface area contributed by atoms with Crippen molar-refractivity contribution >= 4 is 10.8 Å². The summed E-state index contributed by atoms with van der Waals surface area (Å²) in [6, 6.07) is 0.586. The monoisotopic (exact) mass is 273 g/mol. The highest BCUT2D eigenvalue weighted by atomic mass is 32.2. The van der Waals surface area contributed by atoms with Crippen LogP contribution in [0.5, 0.6) is 0 Å². The van der Waals surface area contributed by atoms with Gasteiger partial charge in [0.1, 0.15) is 0 Å². The van der Waals surface area contributed by atoms with Gasteiger partial charge < -0.3 is 10.1 Å². The minimum Gasteiger partial charge on any atom is -0.378 e. The zero-order valence-electron chi connectivity index (χ0n) is 11.9. The summed E-state index contributed by atoms with van der Waals surface area (Å²) < 4.78 is 17.3. The maximum absolute atomic E-state index is 11.4. The van der Waals surface area contributed by atoms with Gasteiger partial charge in [-0.2, -0.15) is 0 Å². The summed E-state index contributed by atoms with van der Waals surface area (Å²) in [6.07, 6.45) is 8.69. The summed E-state index contributed by atoms with van der Waals surface area (Å²) >= 11 is 0. The van der Waals surface area contributed by atoms with E-state index in [1.807, 2.05) is 0 Å². The molecule has 18 heavy (non-hydrogen) atoms. The summed E-state index contributed by atoms with van der Waals surface area (Å²) in [5, 5.41) is 3.89. The van der Waals surface area contributed by atoms with Crippen molar-refractivity contribution in [3.05, 3.63) is 0 Å². The molecule has 0 aliphatic heterocycles. The molecule has 2 aliphatic rings. The van der Waals surface area contributed by atoms with Gasteiger partial charge in [0.2, 0.25) is 0 Å². The third-order valence-electron chi connectivity index (χ3n) is 4.91. The van der Waals surface area contributed by atoms with Crippen molar-refractivity contribution in [2.24, 2.45) is 5.41 Å². The number of nitrogens with one attached hydrogen (secondary N) is 1. The molecule has 4 atom stereocenters. The zero-order chi connectivity index (χ0) is 13.2. The average Bonchev–Trinajstić information content (AvgIpc) is 2.84. The maximum Gasteiger partial charge on any atom is 0.0661 e. The standard InChI is InChI=1S/C14H27NO2S/c1-4-17-13-9-12(14(13)7-5-6-8-14)15-10-11(2)18(3)16/h11-13,15H,4-10H2,1-3H3. The van der Waals surface area contributed by atoms with E-state index in [0.717, 1.165) is 19.6 Å². The smallest absolute Gasteiger partial charge is 0.0661 e. The van der Waals surface area contributed by atoms with Crippen molar-refractivity contribution in [1.29, 1.82) is 0 Å². The highest BCUT2D eigenvalue weighted by Gasteiger charge is 2.56. The van der Waals surface area contributed by atoms with Crippen LogP contribution in [0.2, 0.25) is 0 Å². The Morgan fingerprint density at radius 3 is 2.67 bits per heavy atom. The molecule has 0 heterocycles. The molecule has 0 amide bonds. The summed E-state index contributed by atoms with van der Waals surface area (Å²) in [6.45, 7) is 5.84. The van der Waals surface area contributed by atoms with Crippen LogP contribution in [-0.2, 0) is 15.5 Å². The number of hydrogen-bond acceptors (Lipinski definition) is 3. The van der Waals surface area contributed by atoms with Crippen LogP contribution in [-0.4, -0.2) is 41.0 Å². The Kier molecular flexibility index (Phi) is 4.84. The van der Waals surface area contributed by atoms with Crippen LogP contribution >= 0.6 is 0 Å². The van der Waals surface area contributed by atoms with Gasteiger partial charge in [-0.25, -0.2) is 0 Å². The second kappa shape index (κ2) is 6.02. The largest absolute Gasteiger partial charge is 0.378 e. The van der Waals surface area contributed by atoms with Crippen LogP contribution in [0.3, 0.4) is 0 Å². The van der Waals surface area contributed by atoms with Crippen LogP contribution < -0.4 is 5.32 Å². The first-order valence-corrected chi connectivity index (χ1v) is 8.89. The highest BCUT2D eigenvalue weighted by Crippen LogP contribution is 2.54. The Morgan fingerprint density at radius 2 is 2.11 bits per heavy atom. The first-order valence-electron chi connectivity index (χ1n) is 7.27. The van der Waals surface area contributed by atoms with E-state index < -0.39 is 10.8 Å². The van der Waals surface area contributed by atoms with Crippen LogP contribution in [0.25, 0.3) is 0 Å². The molecule has 2 saturated carbocycles. The molecule has 0 radical (unpaired) electrons. The van der Waals surface area contributed by atoms with E-state index in [9.17, 15) is 4.21 Å². The fourth-order valence-electron chi connectivity index (χ4n) is 3.60. The zero-order valence-corrected chi connectivity index (χ0v) is 12.7. The molecule has 1 N–H and O–H groups in total. The predicted octanol–water partition coefficient (Wildman–Crippen LogP) is 2.08. The first kappa shape index (κ1) is 14.5. The SMILES string of the molecule is CCOC1CC(NCC(C)S(C)=O)C12CCCC2. The van der Waals surface area contributed by atoms with Gasteiger partial charge in [-0.3, -0.25) is 4.21 Å². The Balaban J connectivity index is 1.88. The lowest BCUT2D eigenvalue weighted by molar-refractivity contribution is -0.130. The Bertz CT molecular complexity index is 302. The topological polar surface area (TPSA) is 38.3 Å². The molecule has 4 heteroatoms. The Morgan fingerprint density at radius 1 is 1.44 bits per heavy atom. The summed E-state index contributed by atoms with van der Waals surface area (Å²) in [5.74, 6) is 0. The van der Waals surface area contributed by atoms with Gasteiger partial charge in [0, 0.05) is 46.9 Å². The van der Waals surface area contributed by atoms with Crippen molar-refractivity contribution in [3.63, 3.8) is 0 Å². The molecule has 4 unspecified atom stereocenters. The minimum atomic E-state index is -0.724. The number of rotatable bonds is 6. The van der Waals surface area contributed by atoms with E-state index in [1.165, 1.54) is 25.7 Å². The van der Waals surface area contributed by atoms with Gasteiger partial charge in [-0.15, -0.1) is 0 Å². The molecule has 1 spiro atoms. The molecule has 2 rings (SSSR count). The molecule has 3 nitrogen and oxygen atoms in total. The Labute approximate surface area is 114 Å². The fraction of sp³-hybridized carbons (Fsp3) is 1.00. The average molecular weight is 273 g/mol. The van der Waals surface area contributed by atoms with Crippen molar-refractivity contribution in [3.8, 4) is 0 Å². The van der Waals surface area contributed by atoms with Crippen molar-refractivity contribution in [1.82, 2.24) is 5.32 Å². The maximum atomic E-state index is 11.4. The first-order chi connectivity index (χ1) is 8.60. The molecule has 2 aliphatic carbocycles. The summed E-state index contributed by atoms with van der Waals surface area (Å²) in [4.78, 5) is 0. The van der Waals surface area contributed by atoms with Gasteiger partial charge in [-0.05, 0) is 33.1 Å². The van der Waals surface area contributed by atoms with Gasteiger partial charge in [0.25, 0.3) is 0 Å². The van der Waals surface area contributed by atoms with E-state index in [-0.39, 0.29) is 5.25 Å². The third kappa shape index (κ3) is 2.66. The quantitative estimate of drug-likeness (QED) is 0.805. The molecular formula is C14H27NO2S. The lowest BCUT2D eigenvalue weighted by atomic mass is 9.60. The van der Waals surface area contributed by atoms with E-state index >= 15 is 0 Å². The predicted molar refractivity (Wildman–Crippen MR) is 76.3 cm³/mol. The summed E-state index contributed by atoms with van der Waals surface area (Å²) in [5.41, 5.74) is 0.394. The number of hydrogen-bond donors (Lipinski definition) is 1. The van der Waals surface area contributed by atoms with E-state index in [4.69, 9.17) is 4.74 Å². The van der Waals surface area contributed by atoms with Crippen LogP contribution in [0.15, 0.2) is 0 Å². The molecule has 0 aromatic heterocycles. The lowest BCUT2D eigenvalue weighted by Crippen LogP contribution is -2.63. The molecule has 106 valence electrons. The molecule has 0 aromatic carbocycles. The highest BCUT2D eigenvalue weighted by molar-refractivity contribution is 7.84. The van der Waals surface area contributed by atoms with E-state index in [2.05, 4.69) is 19.2 Å². The van der Waals surface area contributed by atoms with Crippen molar-refractivity contribution < 1.29 is 8.95 Å².